The van der Waals surface area contributed by atoms with Crippen molar-refractivity contribution in [2.45, 2.75) is 6.04 Å². The molecule has 0 aromatic heterocycles. The molecule has 2 rings (SSSR count). The molecule has 1 aromatic rings. The maximum atomic E-state index is 13.5. The van der Waals surface area contributed by atoms with E-state index in [0.29, 0.717) is 19.8 Å². The van der Waals surface area contributed by atoms with Crippen LogP contribution in [-0.4, -0.2) is 38.3 Å². The van der Waals surface area contributed by atoms with Gasteiger partial charge in [-0.05, 0) is 12.1 Å². The highest BCUT2D eigenvalue weighted by Crippen LogP contribution is 2.18. The molecule has 1 amide bonds. The van der Waals surface area contributed by atoms with Gasteiger partial charge in [0.05, 0.1) is 23.8 Å². The van der Waals surface area contributed by atoms with Crippen LogP contribution in [0, 0.1) is 5.82 Å². The van der Waals surface area contributed by atoms with E-state index in [1.165, 1.54) is 18.2 Å². The van der Waals surface area contributed by atoms with Crippen LogP contribution in [0.4, 0.5) is 4.39 Å². The highest BCUT2D eigenvalue weighted by Gasteiger charge is 2.18. The first-order valence-electron chi connectivity index (χ1n) is 5.72. The lowest BCUT2D eigenvalue weighted by Crippen LogP contribution is -2.48. The fourth-order valence-corrected chi connectivity index (χ4v) is 2.02. The summed E-state index contributed by atoms with van der Waals surface area (Å²) in [6.07, 6.45) is 0. The number of morpholine rings is 1. The van der Waals surface area contributed by atoms with Gasteiger partial charge in [-0.1, -0.05) is 17.7 Å². The van der Waals surface area contributed by atoms with Crippen molar-refractivity contribution < 1.29 is 13.9 Å². The first-order valence-corrected chi connectivity index (χ1v) is 6.09. The van der Waals surface area contributed by atoms with Crippen LogP contribution in [0.15, 0.2) is 18.2 Å². The van der Waals surface area contributed by atoms with Crippen molar-refractivity contribution in [3.8, 4) is 0 Å². The van der Waals surface area contributed by atoms with Gasteiger partial charge in [0.15, 0.2) is 0 Å². The molecule has 1 aliphatic heterocycles. The van der Waals surface area contributed by atoms with Crippen LogP contribution in [0.2, 0.25) is 5.02 Å². The first kappa shape index (κ1) is 13.3. The third-order valence-corrected chi connectivity index (χ3v) is 3.01. The molecule has 0 bridgehead atoms. The molecule has 6 heteroatoms. The molecule has 0 saturated carbocycles. The summed E-state index contributed by atoms with van der Waals surface area (Å²) in [6, 6.07) is 4.21. The number of hydrogen-bond donors (Lipinski definition) is 2. The number of carbonyl (C=O) groups excluding carboxylic acids is 1. The maximum Gasteiger partial charge on any atom is 0.255 e. The molecule has 18 heavy (non-hydrogen) atoms. The van der Waals surface area contributed by atoms with Crippen molar-refractivity contribution >= 4 is 17.5 Å². The standard InChI is InChI=1S/C12H14ClFN2O2/c13-9-2-1-3-10(14)11(9)12(17)16-6-8-7-18-5-4-15-8/h1-3,8,15H,4-7H2,(H,16,17). The lowest BCUT2D eigenvalue weighted by atomic mass is 10.2. The quantitative estimate of drug-likeness (QED) is 0.869. The van der Waals surface area contributed by atoms with E-state index in [-0.39, 0.29) is 16.6 Å². The number of rotatable bonds is 3. The molecular weight excluding hydrogens is 259 g/mol. The molecule has 1 atom stereocenters. The summed E-state index contributed by atoms with van der Waals surface area (Å²) in [5, 5.41) is 5.94. The summed E-state index contributed by atoms with van der Waals surface area (Å²) in [7, 11) is 0. The number of halogens is 2. The average molecular weight is 273 g/mol. The van der Waals surface area contributed by atoms with Gasteiger partial charge in [0.1, 0.15) is 5.82 Å². The summed E-state index contributed by atoms with van der Waals surface area (Å²) in [6.45, 7) is 2.33. The number of nitrogens with one attached hydrogen (secondary N) is 2. The second kappa shape index (κ2) is 6.13. The molecule has 98 valence electrons. The minimum atomic E-state index is -0.618. The maximum absolute atomic E-state index is 13.5. The molecule has 1 heterocycles. The predicted octanol–water partition coefficient (Wildman–Crippen LogP) is 1.20. The molecule has 1 saturated heterocycles. The van der Waals surface area contributed by atoms with Crippen molar-refractivity contribution in [2.24, 2.45) is 0 Å². The summed E-state index contributed by atoms with van der Waals surface area (Å²) in [5.74, 6) is -1.13. The van der Waals surface area contributed by atoms with E-state index in [4.69, 9.17) is 16.3 Å². The van der Waals surface area contributed by atoms with E-state index in [0.717, 1.165) is 6.54 Å². The van der Waals surface area contributed by atoms with E-state index in [1.54, 1.807) is 0 Å². The largest absolute Gasteiger partial charge is 0.378 e. The van der Waals surface area contributed by atoms with Crippen molar-refractivity contribution in [1.82, 2.24) is 10.6 Å². The summed E-state index contributed by atoms with van der Waals surface area (Å²) in [4.78, 5) is 11.8. The Hall–Kier alpha value is -1.17. The van der Waals surface area contributed by atoms with Gasteiger partial charge in [-0.25, -0.2) is 4.39 Å². The number of benzene rings is 1. The first-order chi connectivity index (χ1) is 8.68. The highest BCUT2D eigenvalue weighted by molar-refractivity contribution is 6.33. The van der Waals surface area contributed by atoms with Crippen LogP contribution >= 0.6 is 11.6 Å². The molecule has 0 radical (unpaired) electrons. The van der Waals surface area contributed by atoms with Crippen LogP contribution in [0.25, 0.3) is 0 Å². The lowest BCUT2D eigenvalue weighted by Gasteiger charge is -2.24. The highest BCUT2D eigenvalue weighted by atomic mass is 35.5. The van der Waals surface area contributed by atoms with Crippen molar-refractivity contribution in [3.05, 3.63) is 34.6 Å². The smallest absolute Gasteiger partial charge is 0.255 e. The van der Waals surface area contributed by atoms with Gasteiger partial charge in [0.2, 0.25) is 0 Å². The van der Waals surface area contributed by atoms with Crippen LogP contribution in [0.3, 0.4) is 0 Å². The van der Waals surface area contributed by atoms with Gasteiger partial charge in [-0.3, -0.25) is 4.79 Å². The van der Waals surface area contributed by atoms with Gasteiger partial charge in [-0.15, -0.1) is 0 Å². The normalized spacial score (nSPS) is 19.6. The van der Waals surface area contributed by atoms with Crippen molar-refractivity contribution in [3.63, 3.8) is 0 Å². The Morgan fingerprint density at radius 2 is 2.44 bits per heavy atom. The predicted molar refractivity (Wildman–Crippen MR) is 66.4 cm³/mol. The van der Waals surface area contributed by atoms with E-state index < -0.39 is 11.7 Å². The number of hydrogen-bond acceptors (Lipinski definition) is 3. The van der Waals surface area contributed by atoms with E-state index in [9.17, 15) is 9.18 Å². The monoisotopic (exact) mass is 272 g/mol. The van der Waals surface area contributed by atoms with Crippen LogP contribution in [0.5, 0.6) is 0 Å². The third kappa shape index (κ3) is 3.19. The molecule has 4 nitrogen and oxygen atoms in total. The Balaban J connectivity index is 1.95. The van der Waals surface area contributed by atoms with Crippen molar-refractivity contribution in [1.29, 1.82) is 0 Å². The molecular formula is C12H14ClFN2O2. The second-order valence-corrected chi connectivity index (χ2v) is 4.44. The Bertz CT molecular complexity index is 416. The molecule has 0 spiro atoms. The lowest BCUT2D eigenvalue weighted by molar-refractivity contribution is 0.0734. The SMILES string of the molecule is O=C(NCC1COCCN1)c1c(F)cccc1Cl. The van der Waals surface area contributed by atoms with Gasteiger partial charge in [0.25, 0.3) is 5.91 Å². The van der Waals surface area contributed by atoms with Gasteiger partial charge in [0, 0.05) is 19.1 Å². The summed E-state index contributed by atoms with van der Waals surface area (Å²) in [5.41, 5.74) is -0.115. The molecule has 1 aromatic carbocycles. The van der Waals surface area contributed by atoms with E-state index in [1.807, 2.05) is 0 Å². The number of ether oxygens (including phenoxy) is 1. The van der Waals surface area contributed by atoms with Gasteiger partial charge in [-0.2, -0.15) is 0 Å². The van der Waals surface area contributed by atoms with Crippen LogP contribution in [-0.2, 0) is 4.74 Å². The molecule has 0 aliphatic carbocycles. The van der Waals surface area contributed by atoms with E-state index >= 15 is 0 Å². The fraction of sp³-hybridized carbons (Fsp3) is 0.417. The van der Waals surface area contributed by atoms with E-state index in [2.05, 4.69) is 10.6 Å². The van der Waals surface area contributed by atoms with Gasteiger partial charge >= 0.3 is 0 Å². The molecule has 1 aliphatic rings. The Morgan fingerprint density at radius 3 is 3.11 bits per heavy atom. The summed E-state index contributed by atoms with van der Waals surface area (Å²) < 4.78 is 18.7. The molecule has 2 N–H and O–H groups in total. The topological polar surface area (TPSA) is 50.4 Å². The second-order valence-electron chi connectivity index (χ2n) is 4.03. The minimum absolute atomic E-state index is 0.0493. The molecule has 1 fully saturated rings. The van der Waals surface area contributed by atoms with Gasteiger partial charge < -0.3 is 15.4 Å². The van der Waals surface area contributed by atoms with Crippen LogP contribution in [0.1, 0.15) is 10.4 Å². The minimum Gasteiger partial charge on any atom is -0.378 e. The third-order valence-electron chi connectivity index (χ3n) is 2.70. The zero-order valence-electron chi connectivity index (χ0n) is 9.71. The number of carbonyl (C=O) groups is 1. The Kier molecular flexibility index (Phi) is 4.52. The Labute approximate surface area is 109 Å². The Morgan fingerprint density at radius 1 is 1.61 bits per heavy atom. The average Bonchev–Trinajstić information content (AvgIpc) is 2.37. The molecule has 1 unspecified atom stereocenters. The fourth-order valence-electron chi connectivity index (χ4n) is 1.77. The summed E-state index contributed by atoms with van der Waals surface area (Å²) >= 11 is 5.80. The number of amides is 1. The van der Waals surface area contributed by atoms with Crippen molar-refractivity contribution in [2.75, 3.05) is 26.3 Å². The van der Waals surface area contributed by atoms with Crippen LogP contribution < -0.4 is 10.6 Å². The zero-order chi connectivity index (χ0) is 13.0. The zero-order valence-corrected chi connectivity index (χ0v) is 10.5.